The molecule has 2 N–H and O–H groups in total. The predicted octanol–water partition coefficient (Wildman–Crippen LogP) is 5.05. The van der Waals surface area contributed by atoms with Crippen molar-refractivity contribution in [1.82, 2.24) is 15.0 Å². The Bertz CT molecular complexity index is 1010. The Morgan fingerprint density at radius 3 is 2.52 bits per heavy atom. The first-order chi connectivity index (χ1) is 15.0. The van der Waals surface area contributed by atoms with Crippen LogP contribution in [-0.2, 0) is 12.7 Å². The van der Waals surface area contributed by atoms with Crippen LogP contribution in [0, 0.1) is 5.92 Å². The number of aliphatic hydroxyl groups is 1. The van der Waals surface area contributed by atoms with Crippen molar-refractivity contribution in [3.8, 4) is 11.3 Å². The van der Waals surface area contributed by atoms with Crippen LogP contribution in [0.4, 0.5) is 19.1 Å². The quantitative estimate of drug-likeness (QED) is 0.575. The molecule has 0 spiro atoms. The Hall–Kier alpha value is -3.00. The lowest BCUT2D eigenvalue weighted by Gasteiger charge is -2.21. The second-order valence-corrected chi connectivity index (χ2v) is 7.74. The molecule has 3 aromatic rings. The first kappa shape index (κ1) is 21.2. The van der Waals surface area contributed by atoms with Gasteiger partial charge in [0, 0.05) is 37.0 Å². The topological polar surface area (TPSA) is 70.9 Å². The van der Waals surface area contributed by atoms with E-state index in [2.05, 4.69) is 20.3 Å². The standard InChI is InChI=1S/C23H23F3N4O/c24-23(25,26)19-13-29-22(30-21(19)18-5-3-4-17(18)14-31)28-12-15-7-9-16(10-8-15)20-6-1-2-11-27-20/h1-2,6-11,13,17-18,31H,3-5,12,14H2,(H,28,29,30)/t17-,18?/m1/s1. The van der Waals surface area contributed by atoms with E-state index in [9.17, 15) is 18.3 Å². The second kappa shape index (κ2) is 9.01. The van der Waals surface area contributed by atoms with Crippen LogP contribution in [0.25, 0.3) is 11.3 Å². The molecule has 162 valence electrons. The van der Waals surface area contributed by atoms with Crippen LogP contribution in [0.2, 0.25) is 0 Å². The number of nitrogens with one attached hydrogen (secondary N) is 1. The molecule has 31 heavy (non-hydrogen) atoms. The highest BCUT2D eigenvalue weighted by molar-refractivity contribution is 5.59. The van der Waals surface area contributed by atoms with Crippen molar-refractivity contribution in [2.75, 3.05) is 11.9 Å². The smallest absolute Gasteiger partial charge is 0.396 e. The highest BCUT2D eigenvalue weighted by atomic mass is 19.4. The fraction of sp³-hybridized carbons (Fsp3) is 0.348. The molecule has 1 fully saturated rings. The van der Waals surface area contributed by atoms with Crippen LogP contribution in [0.1, 0.15) is 42.0 Å². The number of aliphatic hydroxyl groups excluding tert-OH is 1. The zero-order valence-electron chi connectivity index (χ0n) is 16.8. The van der Waals surface area contributed by atoms with Gasteiger partial charge in [0.05, 0.1) is 17.0 Å². The third-order valence-corrected chi connectivity index (χ3v) is 5.73. The lowest BCUT2D eigenvalue weighted by atomic mass is 9.91. The predicted molar refractivity (Wildman–Crippen MR) is 111 cm³/mol. The molecule has 1 aliphatic rings. The minimum Gasteiger partial charge on any atom is -0.396 e. The molecule has 1 saturated carbocycles. The molecule has 0 saturated heterocycles. The van der Waals surface area contributed by atoms with E-state index in [1.165, 1.54) is 0 Å². The number of pyridine rings is 1. The number of rotatable bonds is 6. The Kier molecular flexibility index (Phi) is 6.18. The van der Waals surface area contributed by atoms with Gasteiger partial charge in [-0.2, -0.15) is 13.2 Å². The summed E-state index contributed by atoms with van der Waals surface area (Å²) in [4.78, 5) is 12.4. The van der Waals surface area contributed by atoms with E-state index in [-0.39, 0.29) is 24.2 Å². The summed E-state index contributed by atoms with van der Waals surface area (Å²) in [6, 6.07) is 13.5. The van der Waals surface area contributed by atoms with Crippen LogP contribution in [0.3, 0.4) is 0 Å². The van der Waals surface area contributed by atoms with Crippen molar-refractivity contribution in [3.63, 3.8) is 0 Å². The number of anilines is 1. The molecule has 2 heterocycles. The van der Waals surface area contributed by atoms with Gasteiger partial charge in [-0.05, 0) is 36.5 Å². The molecule has 1 unspecified atom stereocenters. The van der Waals surface area contributed by atoms with Crippen LogP contribution in [0.5, 0.6) is 0 Å². The van der Waals surface area contributed by atoms with E-state index < -0.39 is 17.7 Å². The highest BCUT2D eigenvalue weighted by Gasteiger charge is 2.40. The Balaban J connectivity index is 1.52. The molecular weight excluding hydrogens is 405 g/mol. The summed E-state index contributed by atoms with van der Waals surface area (Å²) in [6.45, 7) is 0.235. The van der Waals surface area contributed by atoms with E-state index >= 15 is 0 Å². The van der Waals surface area contributed by atoms with E-state index in [1.54, 1.807) is 6.20 Å². The van der Waals surface area contributed by atoms with Gasteiger partial charge in [0.25, 0.3) is 0 Å². The van der Waals surface area contributed by atoms with Crippen LogP contribution in [-0.4, -0.2) is 26.7 Å². The van der Waals surface area contributed by atoms with Gasteiger partial charge in [0.1, 0.15) is 0 Å². The number of hydrogen-bond donors (Lipinski definition) is 2. The second-order valence-electron chi connectivity index (χ2n) is 7.74. The molecule has 8 heteroatoms. The monoisotopic (exact) mass is 428 g/mol. The van der Waals surface area contributed by atoms with Crippen LogP contribution in [0.15, 0.2) is 54.9 Å². The van der Waals surface area contributed by atoms with Gasteiger partial charge in [-0.25, -0.2) is 9.97 Å². The van der Waals surface area contributed by atoms with Crippen molar-refractivity contribution in [3.05, 3.63) is 71.7 Å². The fourth-order valence-electron chi connectivity index (χ4n) is 4.10. The van der Waals surface area contributed by atoms with Gasteiger partial charge < -0.3 is 10.4 Å². The maximum atomic E-state index is 13.5. The number of halogens is 3. The van der Waals surface area contributed by atoms with Crippen molar-refractivity contribution in [1.29, 1.82) is 0 Å². The molecule has 0 bridgehead atoms. The first-order valence-electron chi connectivity index (χ1n) is 10.2. The van der Waals surface area contributed by atoms with Gasteiger partial charge in [-0.15, -0.1) is 0 Å². The van der Waals surface area contributed by atoms with Crippen molar-refractivity contribution in [2.24, 2.45) is 5.92 Å². The normalized spacial score (nSPS) is 18.8. The number of nitrogens with zero attached hydrogens (tertiary/aromatic N) is 3. The molecule has 2 atom stereocenters. The van der Waals surface area contributed by atoms with E-state index in [0.717, 1.165) is 29.4 Å². The average molecular weight is 428 g/mol. The highest BCUT2D eigenvalue weighted by Crippen LogP contribution is 2.43. The van der Waals surface area contributed by atoms with Gasteiger partial charge >= 0.3 is 6.18 Å². The average Bonchev–Trinajstić information content (AvgIpc) is 3.27. The molecule has 5 nitrogen and oxygen atoms in total. The third kappa shape index (κ3) is 4.85. The molecule has 0 aliphatic heterocycles. The fourth-order valence-corrected chi connectivity index (χ4v) is 4.10. The van der Waals surface area contributed by atoms with Gasteiger partial charge in [0.15, 0.2) is 0 Å². The van der Waals surface area contributed by atoms with Crippen LogP contribution < -0.4 is 5.32 Å². The lowest BCUT2D eigenvalue weighted by Crippen LogP contribution is -2.20. The van der Waals surface area contributed by atoms with Crippen molar-refractivity contribution in [2.45, 2.75) is 37.9 Å². The van der Waals surface area contributed by atoms with E-state index in [0.29, 0.717) is 19.4 Å². The van der Waals surface area contributed by atoms with Crippen LogP contribution >= 0.6 is 0 Å². The largest absolute Gasteiger partial charge is 0.419 e. The van der Waals surface area contributed by atoms with Gasteiger partial charge in [-0.1, -0.05) is 36.8 Å². The zero-order chi connectivity index (χ0) is 21.8. The summed E-state index contributed by atoms with van der Waals surface area (Å²) < 4.78 is 40.6. The molecule has 1 aromatic carbocycles. The summed E-state index contributed by atoms with van der Waals surface area (Å²) in [7, 11) is 0. The number of aromatic nitrogens is 3. The molecule has 4 rings (SSSR count). The molecule has 0 amide bonds. The number of alkyl halides is 3. The number of hydrogen-bond acceptors (Lipinski definition) is 5. The summed E-state index contributed by atoms with van der Waals surface area (Å²) in [5.74, 6) is -0.466. The van der Waals surface area contributed by atoms with Gasteiger partial charge in [0.2, 0.25) is 5.95 Å². The zero-order valence-corrected chi connectivity index (χ0v) is 16.8. The Morgan fingerprint density at radius 2 is 1.84 bits per heavy atom. The van der Waals surface area contributed by atoms with Crippen molar-refractivity contribution < 1.29 is 18.3 Å². The summed E-state index contributed by atoms with van der Waals surface area (Å²) in [5, 5.41) is 12.6. The van der Waals surface area contributed by atoms with Gasteiger partial charge in [-0.3, -0.25) is 4.98 Å². The summed E-state index contributed by atoms with van der Waals surface area (Å²) >= 11 is 0. The Morgan fingerprint density at radius 1 is 1.03 bits per heavy atom. The summed E-state index contributed by atoms with van der Waals surface area (Å²) in [6.07, 6.45) is 0.117. The first-order valence-corrected chi connectivity index (χ1v) is 10.2. The maximum absolute atomic E-state index is 13.5. The van der Waals surface area contributed by atoms with E-state index in [1.807, 2.05) is 42.5 Å². The minimum absolute atomic E-state index is 0.0213. The number of benzene rings is 1. The molecule has 2 aromatic heterocycles. The minimum atomic E-state index is -4.53. The van der Waals surface area contributed by atoms with E-state index in [4.69, 9.17) is 0 Å². The Labute approximate surface area is 178 Å². The SMILES string of the molecule is OC[C@H]1CCCC1c1nc(NCc2ccc(-c3ccccn3)cc2)ncc1C(F)(F)F. The summed E-state index contributed by atoms with van der Waals surface area (Å²) in [5.41, 5.74) is 1.95. The molecule has 0 radical (unpaired) electrons. The lowest BCUT2D eigenvalue weighted by molar-refractivity contribution is -0.139. The van der Waals surface area contributed by atoms with Crippen molar-refractivity contribution >= 4 is 5.95 Å². The maximum Gasteiger partial charge on any atom is 0.419 e. The third-order valence-electron chi connectivity index (χ3n) is 5.73. The molecule has 1 aliphatic carbocycles. The molecular formula is C23H23F3N4O.